The van der Waals surface area contributed by atoms with E-state index in [2.05, 4.69) is 16.8 Å². The number of rotatable bonds is 1. The van der Waals surface area contributed by atoms with Crippen molar-refractivity contribution in [3.05, 3.63) is 21.9 Å². The Labute approximate surface area is 99.8 Å². The molecule has 0 amide bonds. The van der Waals surface area contributed by atoms with Crippen molar-refractivity contribution in [1.82, 2.24) is 5.32 Å². The Kier molecular flexibility index (Phi) is 2.75. The molecule has 1 N–H and O–H groups in total. The van der Waals surface area contributed by atoms with Crippen LogP contribution in [0.3, 0.4) is 0 Å². The van der Waals surface area contributed by atoms with E-state index in [1.807, 2.05) is 7.05 Å². The molecule has 1 unspecified atom stereocenters. The monoisotopic (exact) mass is 239 g/mol. The van der Waals surface area contributed by atoms with Crippen molar-refractivity contribution in [2.75, 3.05) is 26.9 Å². The van der Waals surface area contributed by atoms with Crippen LogP contribution in [0.2, 0.25) is 0 Å². The second-order valence-electron chi connectivity index (χ2n) is 4.57. The molecule has 1 aromatic rings. The summed E-state index contributed by atoms with van der Waals surface area (Å²) in [6.07, 6.45) is 2.27. The predicted molar refractivity (Wildman–Crippen MR) is 63.8 cm³/mol. The van der Waals surface area contributed by atoms with Gasteiger partial charge in [0.2, 0.25) is 0 Å². The second kappa shape index (κ2) is 4.11. The largest absolute Gasteiger partial charge is 0.381 e. The third kappa shape index (κ3) is 1.52. The van der Waals surface area contributed by atoms with Crippen molar-refractivity contribution in [2.45, 2.75) is 24.5 Å². The zero-order valence-electron chi connectivity index (χ0n) is 9.49. The molecule has 0 aromatic carbocycles. The Balaban J connectivity index is 1.99. The van der Waals surface area contributed by atoms with Gasteiger partial charge in [-0.2, -0.15) is 0 Å². The minimum absolute atomic E-state index is 0.0865. The lowest BCUT2D eigenvalue weighted by Gasteiger charge is -2.42. The summed E-state index contributed by atoms with van der Waals surface area (Å²) >= 11 is 1.80. The maximum atomic E-state index is 5.95. The highest BCUT2D eigenvalue weighted by Gasteiger charge is 2.42. The van der Waals surface area contributed by atoms with E-state index in [1.54, 1.807) is 11.3 Å². The molecular formula is C12H17NO2S. The number of nitrogens with one attached hydrogen (secondary N) is 1. The molecule has 2 aliphatic rings. The minimum Gasteiger partial charge on any atom is -0.381 e. The van der Waals surface area contributed by atoms with Gasteiger partial charge in [0, 0.05) is 18.6 Å². The van der Waals surface area contributed by atoms with Crippen LogP contribution in [0.5, 0.6) is 0 Å². The summed E-state index contributed by atoms with van der Waals surface area (Å²) in [5.41, 5.74) is 1.72. The standard InChI is InChI=1S/C12H17NO2S/c1-13-11-10-9(2-7-16-10)12(8-15-11)3-5-14-6-4-12/h2,7,11,13H,3-6,8H2,1H3. The number of hydrogen-bond donors (Lipinski definition) is 1. The van der Waals surface area contributed by atoms with Gasteiger partial charge in [0.25, 0.3) is 0 Å². The molecule has 1 aromatic heterocycles. The van der Waals surface area contributed by atoms with Gasteiger partial charge in [-0.15, -0.1) is 11.3 Å². The Hall–Kier alpha value is -0.420. The van der Waals surface area contributed by atoms with Crippen LogP contribution in [0.1, 0.15) is 29.5 Å². The molecule has 1 saturated heterocycles. The average molecular weight is 239 g/mol. The van der Waals surface area contributed by atoms with E-state index in [1.165, 1.54) is 10.4 Å². The summed E-state index contributed by atoms with van der Waals surface area (Å²) in [7, 11) is 1.95. The predicted octanol–water partition coefficient (Wildman–Crippen LogP) is 2.04. The topological polar surface area (TPSA) is 30.5 Å². The van der Waals surface area contributed by atoms with E-state index in [4.69, 9.17) is 9.47 Å². The Morgan fingerprint density at radius 1 is 1.44 bits per heavy atom. The molecule has 3 nitrogen and oxygen atoms in total. The van der Waals surface area contributed by atoms with Crippen LogP contribution in [0.25, 0.3) is 0 Å². The van der Waals surface area contributed by atoms with Gasteiger partial charge < -0.3 is 9.47 Å². The number of hydrogen-bond acceptors (Lipinski definition) is 4. The summed E-state index contributed by atoms with van der Waals surface area (Å²) in [5, 5.41) is 5.41. The van der Waals surface area contributed by atoms with Gasteiger partial charge in [0.15, 0.2) is 0 Å². The third-order valence-corrected chi connectivity index (χ3v) is 4.70. The van der Waals surface area contributed by atoms with Gasteiger partial charge in [0.1, 0.15) is 6.23 Å². The number of thiophene rings is 1. The van der Waals surface area contributed by atoms with Gasteiger partial charge in [-0.1, -0.05) is 0 Å². The van der Waals surface area contributed by atoms with Crippen LogP contribution in [0.15, 0.2) is 11.4 Å². The highest BCUT2D eigenvalue weighted by atomic mass is 32.1. The van der Waals surface area contributed by atoms with E-state index < -0.39 is 0 Å². The van der Waals surface area contributed by atoms with Crippen LogP contribution in [-0.4, -0.2) is 26.9 Å². The number of fused-ring (bicyclic) bond motifs is 2. The fourth-order valence-electron chi connectivity index (χ4n) is 2.75. The van der Waals surface area contributed by atoms with Crippen molar-refractivity contribution in [2.24, 2.45) is 0 Å². The molecule has 3 heterocycles. The average Bonchev–Trinajstić information content (AvgIpc) is 2.81. The van der Waals surface area contributed by atoms with Crippen LogP contribution in [0.4, 0.5) is 0 Å². The second-order valence-corrected chi connectivity index (χ2v) is 5.52. The van der Waals surface area contributed by atoms with Gasteiger partial charge in [0.05, 0.1) is 11.5 Å². The Morgan fingerprint density at radius 2 is 2.25 bits per heavy atom. The fourth-order valence-corrected chi connectivity index (χ4v) is 3.82. The molecule has 0 radical (unpaired) electrons. The highest BCUT2D eigenvalue weighted by Crippen LogP contribution is 2.45. The summed E-state index contributed by atoms with van der Waals surface area (Å²) in [5.74, 6) is 0. The van der Waals surface area contributed by atoms with E-state index in [9.17, 15) is 0 Å². The molecule has 88 valence electrons. The molecule has 0 aliphatic carbocycles. The zero-order chi connectivity index (χ0) is 11.0. The van der Waals surface area contributed by atoms with Gasteiger partial charge in [-0.25, -0.2) is 0 Å². The molecule has 1 fully saturated rings. The smallest absolute Gasteiger partial charge is 0.143 e. The first-order valence-electron chi connectivity index (χ1n) is 5.80. The molecule has 2 aliphatic heterocycles. The van der Waals surface area contributed by atoms with Crippen molar-refractivity contribution in [3.63, 3.8) is 0 Å². The van der Waals surface area contributed by atoms with E-state index in [0.717, 1.165) is 32.7 Å². The first-order chi connectivity index (χ1) is 7.86. The normalized spacial score (nSPS) is 27.9. The summed E-state index contributed by atoms with van der Waals surface area (Å²) in [6.45, 7) is 2.55. The van der Waals surface area contributed by atoms with E-state index in [0.29, 0.717) is 0 Å². The molecule has 0 saturated carbocycles. The van der Waals surface area contributed by atoms with Crippen molar-refractivity contribution in [1.29, 1.82) is 0 Å². The number of ether oxygens (including phenoxy) is 2. The van der Waals surface area contributed by atoms with Crippen LogP contribution < -0.4 is 5.32 Å². The molecule has 16 heavy (non-hydrogen) atoms. The fraction of sp³-hybridized carbons (Fsp3) is 0.667. The van der Waals surface area contributed by atoms with E-state index >= 15 is 0 Å². The Bertz CT molecular complexity index is 371. The first kappa shape index (κ1) is 10.7. The maximum Gasteiger partial charge on any atom is 0.143 e. The molecular weight excluding hydrogens is 222 g/mol. The lowest BCUT2D eigenvalue weighted by molar-refractivity contribution is -0.0520. The summed E-state index contributed by atoms with van der Waals surface area (Å²) in [4.78, 5) is 1.36. The minimum atomic E-state index is 0.0865. The lowest BCUT2D eigenvalue weighted by Crippen LogP contribution is -2.43. The third-order valence-electron chi connectivity index (χ3n) is 3.74. The molecule has 1 atom stereocenters. The summed E-state index contributed by atoms with van der Waals surface area (Å²) < 4.78 is 11.4. The van der Waals surface area contributed by atoms with Gasteiger partial charge >= 0.3 is 0 Å². The SMILES string of the molecule is CNC1OCC2(CCOCC2)c2ccsc21. The first-order valence-corrected chi connectivity index (χ1v) is 6.68. The lowest BCUT2D eigenvalue weighted by atomic mass is 9.74. The van der Waals surface area contributed by atoms with Gasteiger partial charge in [-0.05, 0) is 36.9 Å². The van der Waals surface area contributed by atoms with Crippen molar-refractivity contribution >= 4 is 11.3 Å². The van der Waals surface area contributed by atoms with Crippen molar-refractivity contribution in [3.8, 4) is 0 Å². The summed E-state index contributed by atoms with van der Waals surface area (Å²) in [6, 6.07) is 2.28. The van der Waals surface area contributed by atoms with E-state index in [-0.39, 0.29) is 11.6 Å². The van der Waals surface area contributed by atoms with Crippen molar-refractivity contribution < 1.29 is 9.47 Å². The highest BCUT2D eigenvalue weighted by molar-refractivity contribution is 7.10. The quantitative estimate of drug-likeness (QED) is 0.813. The van der Waals surface area contributed by atoms with Crippen LogP contribution in [-0.2, 0) is 14.9 Å². The molecule has 3 rings (SSSR count). The van der Waals surface area contributed by atoms with Gasteiger partial charge in [-0.3, -0.25) is 5.32 Å². The zero-order valence-corrected chi connectivity index (χ0v) is 10.3. The molecule has 4 heteroatoms. The van der Waals surface area contributed by atoms with Crippen LogP contribution >= 0.6 is 11.3 Å². The maximum absolute atomic E-state index is 5.95. The Morgan fingerprint density at radius 3 is 3.00 bits per heavy atom. The van der Waals surface area contributed by atoms with Crippen LogP contribution in [0, 0.1) is 0 Å². The molecule has 1 spiro atoms. The molecule has 0 bridgehead atoms.